The lowest BCUT2D eigenvalue weighted by molar-refractivity contribution is 0.0966. The molecular weight excluding hydrogens is 342 g/mol. The van der Waals surface area contributed by atoms with Crippen molar-refractivity contribution < 1.29 is 14.3 Å². The standard InChI is InChI=1S/C21H17N3O3/c1-27-18-10-7-14(11-22-18)15-8-9-17(19-16(15)12-23-21(19)26)24-20(25)13-5-3-2-4-6-13/h2-11H,12H2,1H3,(H,23,26)(H,24,25). The second-order valence-corrected chi connectivity index (χ2v) is 6.11. The number of ether oxygens (including phenoxy) is 1. The Morgan fingerprint density at radius 2 is 1.93 bits per heavy atom. The summed E-state index contributed by atoms with van der Waals surface area (Å²) in [6, 6.07) is 16.2. The smallest absolute Gasteiger partial charge is 0.255 e. The molecule has 0 saturated heterocycles. The van der Waals surface area contributed by atoms with Gasteiger partial charge in [0.25, 0.3) is 11.8 Å². The molecule has 2 aromatic carbocycles. The number of pyridine rings is 1. The molecule has 0 radical (unpaired) electrons. The van der Waals surface area contributed by atoms with Crippen molar-refractivity contribution in [2.75, 3.05) is 12.4 Å². The molecule has 134 valence electrons. The van der Waals surface area contributed by atoms with E-state index in [0.717, 1.165) is 16.7 Å². The van der Waals surface area contributed by atoms with Crippen LogP contribution < -0.4 is 15.4 Å². The van der Waals surface area contributed by atoms with Crippen LogP contribution in [0.1, 0.15) is 26.3 Å². The van der Waals surface area contributed by atoms with Crippen LogP contribution in [0.2, 0.25) is 0 Å². The van der Waals surface area contributed by atoms with E-state index in [9.17, 15) is 9.59 Å². The van der Waals surface area contributed by atoms with Gasteiger partial charge in [0, 0.05) is 29.9 Å². The zero-order chi connectivity index (χ0) is 18.8. The van der Waals surface area contributed by atoms with Gasteiger partial charge in [0.2, 0.25) is 5.88 Å². The Morgan fingerprint density at radius 1 is 1.11 bits per heavy atom. The average molecular weight is 359 g/mol. The number of carbonyl (C=O) groups excluding carboxylic acids is 2. The van der Waals surface area contributed by atoms with Gasteiger partial charge in [0.15, 0.2) is 0 Å². The molecule has 0 unspecified atom stereocenters. The second kappa shape index (κ2) is 6.92. The number of rotatable bonds is 4. The normalized spacial score (nSPS) is 12.3. The summed E-state index contributed by atoms with van der Waals surface area (Å²) in [5.74, 6) is 0.0735. The molecule has 0 saturated carbocycles. The summed E-state index contributed by atoms with van der Waals surface area (Å²) in [4.78, 5) is 29.1. The highest BCUT2D eigenvalue weighted by Gasteiger charge is 2.27. The number of fused-ring (bicyclic) bond motifs is 1. The first-order chi connectivity index (χ1) is 13.2. The fraction of sp³-hybridized carbons (Fsp3) is 0.0952. The number of methoxy groups -OCH3 is 1. The summed E-state index contributed by atoms with van der Waals surface area (Å²) in [5, 5.41) is 5.69. The maximum absolute atomic E-state index is 12.5. The van der Waals surface area contributed by atoms with Crippen molar-refractivity contribution in [2.45, 2.75) is 6.54 Å². The number of carbonyl (C=O) groups is 2. The fourth-order valence-electron chi connectivity index (χ4n) is 3.17. The molecule has 2 heterocycles. The Bertz CT molecular complexity index is 1010. The molecule has 1 aromatic heterocycles. The Hall–Kier alpha value is -3.67. The van der Waals surface area contributed by atoms with E-state index in [2.05, 4.69) is 15.6 Å². The maximum atomic E-state index is 12.5. The van der Waals surface area contributed by atoms with Crippen LogP contribution in [0.5, 0.6) is 5.88 Å². The van der Waals surface area contributed by atoms with Crippen LogP contribution in [0, 0.1) is 0 Å². The predicted molar refractivity (Wildman–Crippen MR) is 102 cm³/mol. The van der Waals surface area contributed by atoms with Crippen molar-refractivity contribution in [1.82, 2.24) is 10.3 Å². The van der Waals surface area contributed by atoms with Crippen molar-refractivity contribution in [2.24, 2.45) is 0 Å². The van der Waals surface area contributed by atoms with Gasteiger partial charge >= 0.3 is 0 Å². The maximum Gasteiger partial charge on any atom is 0.255 e. The molecule has 0 atom stereocenters. The third-order valence-corrected chi connectivity index (χ3v) is 4.51. The van der Waals surface area contributed by atoms with Crippen molar-refractivity contribution in [3.8, 4) is 17.0 Å². The van der Waals surface area contributed by atoms with Crippen LogP contribution in [0.3, 0.4) is 0 Å². The number of amides is 2. The lowest BCUT2D eigenvalue weighted by atomic mass is 9.96. The molecule has 0 bridgehead atoms. The summed E-state index contributed by atoms with van der Waals surface area (Å²) >= 11 is 0. The molecular formula is C21H17N3O3. The minimum Gasteiger partial charge on any atom is -0.481 e. The number of aromatic nitrogens is 1. The number of hydrogen-bond acceptors (Lipinski definition) is 4. The molecule has 0 spiro atoms. The Labute approximate surface area is 156 Å². The molecule has 4 rings (SSSR count). The first-order valence-electron chi connectivity index (χ1n) is 8.48. The van der Waals surface area contributed by atoms with Crippen molar-refractivity contribution in [3.05, 3.63) is 77.5 Å². The number of anilines is 1. The highest BCUT2D eigenvalue weighted by molar-refractivity contribution is 6.11. The predicted octanol–water partition coefficient (Wildman–Crippen LogP) is 3.25. The number of hydrogen-bond donors (Lipinski definition) is 2. The summed E-state index contributed by atoms with van der Waals surface area (Å²) in [6.45, 7) is 0.407. The Balaban J connectivity index is 1.72. The van der Waals surface area contributed by atoms with Gasteiger partial charge in [0.1, 0.15) is 0 Å². The summed E-state index contributed by atoms with van der Waals surface area (Å²) < 4.78 is 5.09. The van der Waals surface area contributed by atoms with Gasteiger partial charge in [0.05, 0.1) is 18.4 Å². The molecule has 3 aromatic rings. The molecule has 1 aliphatic rings. The van der Waals surface area contributed by atoms with Gasteiger partial charge in [-0.3, -0.25) is 9.59 Å². The molecule has 0 aliphatic carbocycles. The van der Waals surface area contributed by atoms with E-state index in [-0.39, 0.29) is 11.8 Å². The second-order valence-electron chi connectivity index (χ2n) is 6.11. The van der Waals surface area contributed by atoms with E-state index in [0.29, 0.717) is 29.2 Å². The third kappa shape index (κ3) is 3.13. The highest BCUT2D eigenvalue weighted by atomic mass is 16.5. The van der Waals surface area contributed by atoms with E-state index < -0.39 is 0 Å². The number of nitrogens with one attached hydrogen (secondary N) is 2. The minimum absolute atomic E-state index is 0.198. The number of benzene rings is 2. The highest BCUT2D eigenvalue weighted by Crippen LogP contribution is 2.34. The van der Waals surface area contributed by atoms with Crippen LogP contribution in [0.4, 0.5) is 5.69 Å². The average Bonchev–Trinajstić information content (AvgIpc) is 3.11. The van der Waals surface area contributed by atoms with Crippen LogP contribution in [0.25, 0.3) is 11.1 Å². The van der Waals surface area contributed by atoms with Gasteiger partial charge in [-0.15, -0.1) is 0 Å². The molecule has 6 nitrogen and oxygen atoms in total. The summed E-state index contributed by atoms with van der Waals surface area (Å²) in [7, 11) is 1.56. The minimum atomic E-state index is -0.253. The molecule has 1 aliphatic heterocycles. The zero-order valence-electron chi connectivity index (χ0n) is 14.7. The monoisotopic (exact) mass is 359 g/mol. The van der Waals surface area contributed by atoms with Crippen LogP contribution in [0.15, 0.2) is 60.8 Å². The van der Waals surface area contributed by atoms with E-state index in [4.69, 9.17) is 4.74 Å². The van der Waals surface area contributed by atoms with Crippen LogP contribution in [-0.4, -0.2) is 23.9 Å². The summed E-state index contributed by atoms with van der Waals surface area (Å²) in [6.07, 6.45) is 1.71. The van der Waals surface area contributed by atoms with Crippen LogP contribution in [-0.2, 0) is 6.54 Å². The third-order valence-electron chi connectivity index (χ3n) is 4.51. The Morgan fingerprint density at radius 3 is 2.63 bits per heavy atom. The molecule has 2 amide bonds. The Kier molecular flexibility index (Phi) is 4.30. The first-order valence-corrected chi connectivity index (χ1v) is 8.48. The van der Waals surface area contributed by atoms with E-state index in [1.807, 2.05) is 18.2 Å². The van der Waals surface area contributed by atoms with E-state index >= 15 is 0 Å². The quantitative estimate of drug-likeness (QED) is 0.749. The van der Waals surface area contributed by atoms with E-state index in [1.165, 1.54) is 0 Å². The van der Waals surface area contributed by atoms with E-state index in [1.54, 1.807) is 49.7 Å². The van der Waals surface area contributed by atoms with Gasteiger partial charge in [-0.05, 0) is 35.4 Å². The number of nitrogens with zero attached hydrogens (tertiary/aromatic N) is 1. The van der Waals surface area contributed by atoms with Gasteiger partial charge in [-0.1, -0.05) is 24.3 Å². The lowest BCUT2D eigenvalue weighted by Gasteiger charge is -2.13. The van der Waals surface area contributed by atoms with Crippen molar-refractivity contribution >= 4 is 17.5 Å². The first kappa shape index (κ1) is 16.8. The molecule has 6 heteroatoms. The zero-order valence-corrected chi connectivity index (χ0v) is 14.7. The van der Waals surface area contributed by atoms with Crippen LogP contribution >= 0.6 is 0 Å². The SMILES string of the molecule is COc1ccc(-c2ccc(NC(=O)c3ccccc3)c3c2CNC3=O)cn1. The summed E-state index contributed by atoms with van der Waals surface area (Å²) in [5.41, 5.74) is 4.15. The molecule has 0 fully saturated rings. The van der Waals surface area contributed by atoms with Gasteiger partial charge in [-0.25, -0.2) is 4.98 Å². The fourth-order valence-corrected chi connectivity index (χ4v) is 3.17. The van der Waals surface area contributed by atoms with Crippen molar-refractivity contribution in [3.63, 3.8) is 0 Å². The topological polar surface area (TPSA) is 80.3 Å². The van der Waals surface area contributed by atoms with Crippen molar-refractivity contribution in [1.29, 1.82) is 0 Å². The molecule has 27 heavy (non-hydrogen) atoms. The van der Waals surface area contributed by atoms with Gasteiger partial charge in [-0.2, -0.15) is 0 Å². The van der Waals surface area contributed by atoms with Gasteiger partial charge < -0.3 is 15.4 Å². The molecule has 2 N–H and O–H groups in total. The lowest BCUT2D eigenvalue weighted by Crippen LogP contribution is -2.17. The largest absolute Gasteiger partial charge is 0.481 e.